The molecule has 88 valence electrons. The van der Waals surface area contributed by atoms with Crippen LogP contribution in [0.25, 0.3) is 11.3 Å². The van der Waals surface area contributed by atoms with Crippen LogP contribution in [0.4, 0.5) is 0 Å². The molecular formula is C16H19N. The second-order valence-corrected chi connectivity index (χ2v) is 4.96. The topological polar surface area (TPSA) is 12.9 Å². The standard InChI is InChI=1S/C16H19N/c1-12(2)11-14-6-8-15(9-7-14)16-13(3)5-4-10-17-16/h4-10,12H,11H2,1-3H3. The van der Waals surface area contributed by atoms with E-state index < -0.39 is 0 Å². The lowest BCUT2D eigenvalue weighted by atomic mass is 10.00. The van der Waals surface area contributed by atoms with Gasteiger partial charge in [-0.2, -0.15) is 0 Å². The highest BCUT2D eigenvalue weighted by molar-refractivity contribution is 5.62. The number of rotatable bonds is 3. The van der Waals surface area contributed by atoms with E-state index in [1.807, 2.05) is 12.3 Å². The smallest absolute Gasteiger partial charge is 0.0731 e. The molecule has 1 nitrogen and oxygen atoms in total. The van der Waals surface area contributed by atoms with Gasteiger partial charge in [-0.05, 0) is 36.5 Å². The van der Waals surface area contributed by atoms with Crippen molar-refractivity contribution in [2.24, 2.45) is 5.92 Å². The fourth-order valence-electron chi connectivity index (χ4n) is 2.06. The van der Waals surface area contributed by atoms with Crippen LogP contribution >= 0.6 is 0 Å². The number of aryl methyl sites for hydroxylation is 1. The highest BCUT2D eigenvalue weighted by Crippen LogP contribution is 2.21. The van der Waals surface area contributed by atoms with Gasteiger partial charge in [0.15, 0.2) is 0 Å². The predicted octanol–water partition coefficient (Wildman–Crippen LogP) is 4.26. The third-order valence-corrected chi connectivity index (χ3v) is 2.88. The Bertz CT molecular complexity index is 483. The highest BCUT2D eigenvalue weighted by Gasteiger charge is 2.03. The number of nitrogens with zero attached hydrogens (tertiary/aromatic N) is 1. The lowest BCUT2D eigenvalue weighted by Gasteiger charge is -2.07. The summed E-state index contributed by atoms with van der Waals surface area (Å²) in [6.07, 6.45) is 2.99. The zero-order valence-corrected chi connectivity index (χ0v) is 10.8. The van der Waals surface area contributed by atoms with Crippen molar-refractivity contribution in [1.82, 2.24) is 4.98 Å². The Morgan fingerprint density at radius 2 is 1.76 bits per heavy atom. The molecule has 2 rings (SSSR count). The van der Waals surface area contributed by atoms with Gasteiger partial charge in [0.25, 0.3) is 0 Å². The molecule has 17 heavy (non-hydrogen) atoms. The maximum atomic E-state index is 4.44. The Morgan fingerprint density at radius 1 is 1.06 bits per heavy atom. The van der Waals surface area contributed by atoms with Crippen molar-refractivity contribution in [2.75, 3.05) is 0 Å². The quantitative estimate of drug-likeness (QED) is 0.760. The first-order valence-corrected chi connectivity index (χ1v) is 6.18. The van der Waals surface area contributed by atoms with Crippen molar-refractivity contribution in [1.29, 1.82) is 0 Å². The molecule has 1 heteroatoms. The average Bonchev–Trinajstić information content (AvgIpc) is 2.30. The van der Waals surface area contributed by atoms with E-state index in [4.69, 9.17) is 0 Å². The second-order valence-electron chi connectivity index (χ2n) is 4.96. The second kappa shape index (κ2) is 5.13. The first-order valence-electron chi connectivity index (χ1n) is 6.18. The van der Waals surface area contributed by atoms with Gasteiger partial charge in [-0.25, -0.2) is 0 Å². The summed E-state index contributed by atoms with van der Waals surface area (Å²) in [4.78, 5) is 4.44. The Balaban J connectivity index is 2.27. The van der Waals surface area contributed by atoms with Crippen molar-refractivity contribution in [2.45, 2.75) is 27.2 Å². The van der Waals surface area contributed by atoms with Gasteiger partial charge in [-0.1, -0.05) is 44.2 Å². The molecule has 1 heterocycles. The van der Waals surface area contributed by atoms with Crippen LogP contribution in [0.2, 0.25) is 0 Å². The van der Waals surface area contributed by atoms with E-state index in [0.717, 1.165) is 12.1 Å². The van der Waals surface area contributed by atoms with Crippen molar-refractivity contribution >= 4 is 0 Å². The fourth-order valence-corrected chi connectivity index (χ4v) is 2.06. The molecule has 0 fully saturated rings. The van der Waals surface area contributed by atoms with Gasteiger partial charge in [-0.3, -0.25) is 4.98 Å². The SMILES string of the molecule is Cc1cccnc1-c1ccc(CC(C)C)cc1. The van der Waals surface area contributed by atoms with E-state index in [1.165, 1.54) is 16.7 Å². The lowest BCUT2D eigenvalue weighted by Crippen LogP contribution is -1.94. The first-order chi connectivity index (χ1) is 8.16. The molecule has 0 saturated heterocycles. The molecule has 0 bridgehead atoms. The van der Waals surface area contributed by atoms with Crippen LogP contribution in [0.15, 0.2) is 42.6 Å². The average molecular weight is 225 g/mol. The third-order valence-electron chi connectivity index (χ3n) is 2.88. The van der Waals surface area contributed by atoms with Crippen LogP contribution in [0, 0.1) is 12.8 Å². The van der Waals surface area contributed by atoms with Crippen molar-refractivity contribution in [3.63, 3.8) is 0 Å². The summed E-state index contributed by atoms with van der Waals surface area (Å²) >= 11 is 0. The normalized spacial score (nSPS) is 10.8. The third kappa shape index (κ3) is 2.94. The van der Waals surface area contributed by atoms with E-state index in [9.17, 15) is 0 Å². The molecule has 1 aromatic carbocycles. The minimum atomic E-state index is 0.706. The van der Waals surface area contributed by atoms with Gasteiger partial charge in [0.1, 0.15) is 0 Å². The number of aromatic nitrogens is 1. The van der Waals surface area contributed by atoms with Gasteiger partial charge in [0.2, 0.25) is 0 Å². The van der Waals surface area contributed by atoms with Crippen LogP contribution in [-0.2, 0) is 6.42 Å². The largest absolute Gasteiger partial charge is 0.256 e. The van der Waals surface area contributed by atoms with Crippen molar-refractivity contribution in [3.05, 3.63) is 53.7 Å². The van der Waals surface area contributed by atoms with E-state index in [1.54, 1.807) is 0 Å². The molecule has 0 unspecified atom stereocenters. The van der Waals surface area contributed by atoms with E-state index >= 15 is 0 Å². The van der Waals surface area contributed by atoms with Crippen LogP contribution in [0.5, 0.6) is 0 Å². The number of pyridine rings is 1. The van der Waals surface area contributed by atoms with E-state index in [-0.39, 0.29) is 0 Å². The maximum Gasteiger partial charge on any atom is 0.0731 e. The summed E-state index contributed by atoms with van der Waals surface area (Å²) in [5, 5.41) is 0. The van der Waals surface area contributed by atoms with Crippen LogP contribution < -0.4 is 0 Å². The van der Waals surface area contributed by atoms with Gasteiger partial charge in [0, 0.05) is 11.8 Å². The summed E-state index contributed by atoms with van der Waals surface area (Å²) in [6.45, 7) is 6.60. The maximum absolute atomic E-state index is 4.44. The Labute approximate surface area is 104 Å². The predicted molar refractivity (Wildman–Crippen MR) is 73.0 cm³/mol. The first kappa shape index (κ1) is 11.8. The molecule has 0 aliphatic rings. The minimum Gasteiger partial charge on any atom is -0.256 e. The highest BCUT2D eigenvalue weighted by atomic mass is 14.7. The molecule has 0 aliphatic heterocycles. The number of hydrogen-bond donors (Lipinski definition) is 0. The van der Waals surface area contributed by atoms with Gasteiger partial charge in [0.05, 0.1) is 5.69 Å². The summed E-state index contributed by atoms with van der Waals surface area (Å²) in [5.74, 6) is 0.706. The molecule has 0 N–H and O–H groups in total. The molecule has 2 aromatic rings. The molecule has 0 aliphatic carbocycles. The fraction of sp³-hybridized carbons (Fsp3) is 0.312. The summed E-state index contributed by atoms with van der Waals surface area (Å²) in [7, 11) is 0. The molecule has 0 radical (unpaired) electrons. The van der Waals surface area contributed by atoms with Crippen molar-refractivity contribution < 1.29 is 0 Å². The molecule has 1 aromatic heterocycles. The molecule has 0 spiro atoms. The van der Waals surface area contributed by atoms with Gasteiger partial charge >= 0.3 is 0 Å². The van der Waals surface area contributed by atoms with Crippen LogP contribution in [0.1, 0.15) is 25.0 Å². The van der Waals surface area contributed by atoms with Crippen LogP contribution in [0.3, 0.4) is 0 Å². The summed E-state index contributed by atoms with van der Waals surface area (Å²) in [6, 6.07) is 12.9. The molecular weight excluding hydrogens is 206 g/mol. The molecule has 0 amide bonds. The Kier molecular flexibility index (Phi) is 3.58. The van der Waals surface area contributed by atoms with Crippen LogP contribution in [-0.4, -0.2) is 4.98 Å². The van der Waals surface area contributed by atoms with E-state index in [0.29, 0.717) is 5.92 Å². The molecule has 0 atom stereocenters. The summed E-state index contributed by atoms with van der Waals surface area (Å²) in [5.41, 5.74) is 4.92. The van der Waals surface area contributed by atoms with Crippen molar-refractivity contribution in [3.8, 4) is 11.3 Å². The Hall–Kier alpha value is -1.63. The minimum absolute atomic E-state index is 0.706. The van der Waals surface area contributed by atoms with E-state index in [2.05, 4.69) is 56.1 Å². The summed E-state index contributed by atoms with van der Waals surface area (Å²) < 4.78 is 0. The lowest BCUT2D eigenvalue weighted by molar-refractivity contribution is 0.647. The van der Waals surface area contributed by atoms with Gasteiger partial charge in [-0.15, -0.1) is 0 Å². The number of hydrogen-bond acceptors (Lipinski definition) is 1. The molecule has 0 saturated carbocycles. The monoisotopic (exact) mass is 225 g/mol. The Morgan fingerprint density at radius 3 is 2.35 bits per heavy atom. The zero-order chi connectivity index (χ0) is 12.3. The number of benzene rings is 1. The van der Waals surface area contributed by atoms with Gasteiger partial charge < -0.3 is 0 Å². The zero-order valence-electron chi connectivity index (χ0n) is 10.8.